The number of alkyl halides is 2. The third-order valence-electron chi connectivity index (χ3n) is 5.67. The van der Waals surface area contributed by atoms with Gasteiger partial charge in [0.1, 0.15) is 17.4 Å². The van der Waals surface area contributed by atoms with Crippen molar-refractivity contribution in [3.05, 3.63) is 65.4 Å². The summed E-state index contributed by atoms with van der Waals surface area (Å²) in [5, 5.41) is 7.31. The largest absolute Gasteiger partial charge is 0.435 e. The minimum atomic E-state index is -2.84. The Morgan fingerprint density at radius 2 is 1.79 bits per heavy atom. The Morgan fingerprint density at radius 3 is 2.52 bits per heavy atom. The van der Waals surface area contributed by atoms with Crippen molar-refractivity contribution in [2.45, 2.75) is 50.9 Å². The third-order valence-corrected chi connectivity index (χ3v) is 5.97. The van der Waals surface area contributed by atoms with E-state index in [1.807, 2.05) is 18.2 Å². The molecule has 0 atom stereocenters. The van der Waals surface area contributed by atoms with Gasteiger partial charge in [-0.05, 0) is 67.1 Å². The number of halogens is 3. The fourth-order valence-corrected chi connectivity index (χ4v) is 4.10. The molecule has 0 saturated heterocycles. The fourth-order valence-electron chi connectivity index (χ4n) is 3.89. The molecule has 0 bridgehead atoms. The number of nitrogens with one attached hydrogen (secondary N) is 2. The van der Waals surface area contributed by atoms with Gasteiger partial charge < -0.3 is 21.1 Å². The van der Waals surface area contributed by atoms with Crippen LogP contribution in [0.15, 0.2) is 54.9 Å². The van der Waals surface area contributed by atoms with Gasteiger partial charge in [0.2, 0.25) is 0 Å². The lowest BCUT2D eigenvalue weighted by molar-refractivity contribution is -0.0498. The number of anilines is 2. The molecule has 0 radical (unpaired) electrons. The zero-order valence-corrected chi connectivity index (χ0v) is 18.7. The van der Waals surface area contributed by atoms with Crippen molar-refractivity contribution in [1.29, 1.82) is 0 Å². The summed E-state index contributed by atoms with van der Waals surface area (Å²) < 4.78 is 29.0. The molecule has 2 heterocycles. The zero-order chi connectivity index (χ0) is 23.2. The van der Waals surface area contributed by atoms with Crippen molar-refractivity contribution in [1.82, 2.24) is 9.97 Å². The van der Waals surface area contributed by atoms with Gasteiger partial charge in [-0.15, -0.1) is 0 Å². The summed E-state index contributed by atoms with van der Waals surface area (Å²) in [6.45, 7) is -2.36. The number of aromatic nitrogens is 2. The molecule has 0 unspecified atom stereocenters. The smallest absolute Gasteiger partial charge is 0.387 e. The molecular weight excluding hydrogens is 448 g/mol. The summed E-state index contributed by atoms with van der Waals surface area (Å²) in [7, 11) is 0. The standard InChI is InChI=1S/C24H26ClF2N5O/c25-21-14-31-23(32-18-5-3-17(28)4-6-18)12-20(21)16-9-10-29-22(11-16)30-13-15-1-7-19(8-2-15)33-24(26)27/h1-2,7-12,14,17-18,24H,3-6,13,28H2,(H,29,30)(H,31,32). The van der Waals surface area contributed by atoms with Crippen LogP contribution in [0.4, 0.5) is 20.4 Å². The number of hydrogen-bond acceptors (Lipinski definition) is 6. The predicted molar refractivity (Wildman–Crippen MR) is 127 cm³/mol. The van der Waals surface area contributed by atoms with Gasteiger partial charge in [-0.3, -0.25) is 0 Å². The van der Waals surface area contributed by atoms with E-state index in [0.29, 0.717) is 29.5 Å². The van der Waals surface area contributed by atoms with Crippen molar-refractivity contribution in [2.75, 3.05) is 10.6 Å². The van der Waals surface area contributed by atoms with Crippen LogP contribution in [-0.4, -0.2) is 28.7 Å². The second-order valence-corrected chi connectivity index (χ2v) is 8.52. The molecule has 1 saturated carbocycles. The van der Waals surface area contributed by atoms with Crippen LogP contribution in [0.25, 0.3) is 11.1 Å². The maximum atomic E-state index is 12.3. The summed E-state index contributed by atoms with van der Waals surface area (Å²) in [6, 6.07) is 12.9. The van der Waals surface area contributed by atoms with Crippen molar-refractivity contribution in [3.8, 4) is 16.9 Å². The number of ether oxygens (including phenoxy) is 1. The van der Waals surface area contributed by atoms with Gasteiger partial charge in [-0.1, -0.05) is 23.7 Å². The maximum Gasteiger partial charge on any atom is 0.387 e. The molecule has 0 spiro atoms. The molecule has 1 fully saturated rings. The van der Waals surface area contributed by atoms with Crippen LogP contribution in [0, 0.1) is 0 Å². The van der Waals surface area contributed by atoms with E-state index >= 15 is 0 Å². The lowest BCUT2D eigenvalue weighted by Crippen LogP contribution is -2.33. The van der Waals surface area contributed by atoms with E-state index in [4.69, 9.17) is 17.3 Å². The van der Waals surface area contributed by atoms with Crippen LogP contribution in [-0.2, 0) is 6.54 Å². The Labute approximate surface area is 196 Å². The average Bonchev–Trinajstić information content (AvgIpc) is 2.81. The van der Waals surface area contributed by atoms with E-state index in [1.165, 1.54) is 12.1 Å². The molecular formula is C24H26ClF2N5O. The van der Waals surface area contributed by atoms with Crippen molar-refractivity contribution >= 4 is 23.2 Å². The van der Waals surface area contributed by atoms with Crippen molar-refractivity contribution in [3.63, 3.8) is 0 Å². The molecule has 4 N–H and O–H groups in total. The Bertz CT molecular complexity index is 1060. The average molecular weight is 474 g/mol. The summed E-state index contributed by atoms with van der Waals surface area (Å²) in [5.74, 6) is 1.58. The normalized spacial score (nSPS) is 18.2. The molecule has 1 aliphatic rings. The first-order chi connectivity index (χ1) is 16.0. The molecule has 0 aliphatic heterocycles. The van der Waals surface area contributed by atoms with Gasteiger partial charge in [0.25, 0.3) is 0 Å². The van der Waals surface area contributed by atoms with E-state index < -0.39 is 6.61 Å². The first-order valence-corrected chi connectivity index (χ1v) is 11.3. The van der Waals surface area contributed by atoms with Crippen LogP contribution < -0.4 is 21.1 Å². The van der Waals surface area contributed by atoms with Crippen LogP contribution in [0.5, 0.6) is 5.75 Å². The highest BCUT2D eigenvalue weighted by molar-refractivity contribution is 6.33. The molecule has 2 aromatic heterocycles. The molecule has 3 aromatic rings. The number of benzene rings is 1. The third kappa shape index (κ3) is 6.52. The molecule has 33 heavy (non-hydrogen) atoms. The van der Waals surface area contributed by atoms with Gasteiger partial charge in [-0.25, -0.2) is 9.97 Å². The first-order valence-electron chi connectivity index (χ1n) is 10.9. The lowest BCUT2D eigenvalue weighted by Gasteiger charge is -2.27. The van der Waals surface area contributed by atoms with E-state index in [9.17, 15) is 8.78 Å². The minimum Gasteiger partial charge on any atom is -0.435 e. The molecule has 1 aromatic carbocycles. The summed E-state index contributed by atoms with van der Waals surface area (Å²) in [5.41, 5.74) is 8.68. The topological polar surface area (TPSA) is 85.1 Å². The van der Waals surface area contributed by atoms with E-state index in [0.717, 1.165) is 48.2 Å². The molecule has 6 nitrogen and oxygen atoms in total. The molecule has 0 amide bonds. The molecule has 174 valence electrons. The monoisotopic (exact) mass is 473 g/mol. The fraction of sp³-hybridized carbons (Fsp3) is 0.333. The summed E-state index contributed by atoms with van der Waals surface area (Å²) in [4.78, 5) is 8.81. The van der Waals surface area contributed by atoms with Gasteiger partial charge in [0, 0.05) is 36.6 Å². The number of nitrogens with zero attached hydrogens (tertiary/aromatic N) is 2. The van der Waals surface area contributed by atoms with Crippen molar-refractivity contribution in [2.24, 2.45) is 5.73 Å². The number of rotatable bonds is 8. The second-order valence-electron chi connectivity index (χ2n) is 8.11. The summed E-state index contributed by atoms with van der Waals surface area (Å²) in [6.07, 6.45) is 7.45. The molecule has 1 aliphatic carbocycles. The second kappa shape index (κ2) is 10.8. The van der Waals surface area contributed by atoms with Crippen LogP contribution in [0.2, 0.25) is 5.02 Å². The predicted octanol–water partition coefficient (Wildman–Crippen LogP) is 5.69. The van der Waals surface area contributed by atoms with Gasteiger partial charge in [0.15, 0.2) is 0 Å². The van der Waals surface area contributed by atoms with Gasteiger partial charge in [-0.2, -0.15) is 8.78 Å². The Hall–Kier alpha value is -2.97. The van der Waals surface area contributed by atoms with Crippen LogP contribution in [0.3, 0.4) is 0 Å². The number of pyridine rings is 2. The lowest BCUT2D eigenvalue weighted by atomic mass is 9.92. The van der Waals surface area contributed by atoms with Crippen LogP contribution >= 0.6 is 11.6 Å². The summed E-state index contributed by atoms with van der Waals surface area (Å²) >= 11 is 6.46. The highest BCUT2D eigenvalue weighted by Gasteiger charge is 2.19. The van der Waals surface area contributed by atoms with Crippen LogP contribution in [0.1, 0.15) is 31.2 Å². The van der Waals surface area contributed by atoms with E-state index in [1.54, 1.807) is 24.5 Å². The quantitative estimate of drug-likeness (QED) is 0.389. The Morgan fingerprint density at radius 1 is 1.03 bits per heavy atom. The Balaban J connectivity index is 1.42. The minimum absolute atomic E-state index is 0.127. The first kappa shape index (κ1) is 23.2. The highest BCUT2D eigenvalue weighted by atomic mass is 35.5. The zero-order valence-electron chi connectivity index (χ0n) is 18.0. The van der Waals surface area contributed by atoms with Crippen molar-refractivity contribution < 1.29 is 13.5 Å². The van der Waals surface area contributed by atoms with E-state index in [-0.39, 0.29) is 5.75 Å². The van der Waals surface area contributed by atoms with Gasteiger partial charge in [0.05, 0.1) is 5.02 Å². The number of hydrogen-bond donors (Lipinski definition) is 3. The SMILES string of the molecule is NC1CCC(Nc2cc(-c3ccnc(NCc4ccc(OC(F)F)cc4)c3)c(Cl)cn2)CC1. The maximum absolute atomic E-state index is 12.3. The molecule has 4 rings (SSSR count). The Kier molecular flexibility index (Phi) is 7.57. The molecule has 9 heteroatoms. The van der Waals surface area contributed by atoms with Gasteiger partial charge >= 0.3 is 6.61 Å². The highest BCUT2D eigenvalue weighted by Crippen LogP contribution is 2.31. The van der Waals surface area contributed by atoms with E-state index in [2.05, 4.69) is 25.3 Å². The number of nitrogens with two attached hydrogens (primary N) is 1.